The van der Waals surface area contributed by atoms with Crippen LogP contribution in [0.5, 0.6) is 5.75 Å². The van der Waals surface area contributed by atoms with Crippen LogP contribution in [0.2, 0.25) is 0 Å². The van der Waals surface area contributed by atoms with Crippen LogP contribution >= 0.6 is 0 Å². The summed E-state index contributed by atoms with van der Waals surface area (Å²) in [5.74, 6) is 0.562. The number of benzene rings is 1. The quantitative estimate of drug-likeness (QED) is 0.746. The van der Waals surface area contributed by atoms with E-state index >= 15 is 0 Å². The van der Waals surface area contributed by atoms with E-state index in [-0.39, 0.29) is 36.9 Å². The number of rotatable bonds is 8. The zero-order valence-electron chi connectivity index (χ0n) is 15.2. The zero-order valence-corrected chi connectivity index (χ0v) is 15.2. The van der Waals surface area contributed by atoms with Crippen molar-refractivity contribution in [1.29, 1.82) is 0 Å². The molecule has 0 radical (unpaired) electrons. The summed E-state index contributed by atoms with van der Waals surface area (Å²) in [6.07, 6.45) is 3.08. The van der Waals surface area contributed by atoms with Crippen molar-refractivity contribution in [2.24, 2.45) is 5.73 Å². The van der Waals surface area contributed by atoms with Crippen LogP contribution in [0.15, 0.2) is 24.3 Å². The summed E-state index contributed by atoms with van der Waals surface area (Å²) in [5.41, 5.74) is 6.56. The molecule has 25 heavy (non-hydrogen) atoms. The first-order valence-corrected chi connectivity index (χ1v) is 8.99. The van der Waals surface area contributed by atoms with E-state index in [4.69, 9.17) is 10.5 Å². The van der Waals surface area contributed by atoms with E-state index in [1.54, 1.807) is 0 Å². The molecule has 1 aliphatic rings. The molecule has 0 saturated carbocycles. The molecule has 2 unspecified atom stereocenters. The number of carbonyl (C=O) groups is 2. The van der Waals surface area contributed by atoms with Gasteiger partial charge < -0.3 is 20.7 Å². The van der Waals surface area contributed by atoms with Gasteiger partial charge in [0.15, 0.2) is 0 Å². The lowest BCUT2D eigenvalue weighted by Crippen LogP contribution is -2.42. The lowest BCUT2D eigenvalue weighted by molar-refractivity contribution is -0.133. The minimum absolute atomic E-state index is 0.00802. The average molecular weight is 347 g/mol. The summed E-state index contributed by atoms with van der Waals surface area (Å²) >= 11 is 0. The van der Waals surface area contributed by atoms with Crippen molar-refractivity contribution >= 4 is 11.8 Å². The van der Waals surface area contributed by atoms with Crippen LogP contribution in [-0.4, -0.2) is 48.5 Å². The van der Waals surface area contributed by atoms with Crippen molar-refractivity contribution in [3.05, 3.63) is 29.8 Å². The van der Waals surface area contributed by atoms with Gasteiger partial charge in [0, 0.05) is 18.6 Å². The summed E-state index contributed by atoms with van der Waals surface area (Å²) < 4.78 is 5.64. The number of nitrogens with one attached hydrogen (secondary N) is 1. The molecule has 2 atom stereocenters. The van der Waals surface area contributed by atoms with Crippen LogP contribution in [0.1, 0.15) is 38.7 Å². The van der Waals surface area contributed by atoms with Crippen LogP contribution in [0, 0.1) is 0 Å². The predicted molar refractivity (Wildman–Crippen MR) is 97.3 cm³/mol. The third kappa shape index (κ3) is 6.38. The van der Waals surface area contributed by atoms with E-state index in [0.717, 1.165) is 37.1 Å². The first kappa shape index (κ1) is 19.2. The lowest BCUT2D eigenvalue weighted by atomic mass is 10.1. The Morgan fingerprint density at radius 2 is 2.24 bits per heavy atom. The third-order valence-corrected chi connectivity index (χ3v) is 4.42. The summed E-state index contributed by atoms with van der Waals surface area (Å²) in [6, 6.07) is 7.83. The van der Waals surface area contributed by atoms with Crippen molar-refractivity contribution in [1.82, 2.24) is 10.2 Å². The van der Waals surface area contributed by atoms with Gasteiger partial charge in [-0.05, 0) is 50.8 Å². The standard InChI is InChI=1S/C19H29N3O3/c1-14(20)8-10-25-17-7-3-6-16(11-17)12-18(23)21-13-19(24)22-9-4-5-15(22)2/h3,6-7,11,14-15H,4-5,8-10,12-13,20H2,1-2H3,(H,21,23). The smallest absolute Gasteiger partial charge is 0.242 e. The van der Waals surface area contributed by atoms with Gasteiger partial charge in [-0.15, -0.1) is 0 Å². The Bertz CT molecular complexity index is 589. The summed E-state index contributed by atoms with van der Waals surface area (Å²) in [5, 5.41) is 2.72. The van der Waals surface area contributed by atoms with Gasteiger partial charge in [0.1, 0.15) is 5.75 Å². The number of nitrogens with zero attached hydrogens (tertiary/aromatic N) is 1. The maximum atomic E-state index is 12.1. The fraction of sp³-hybridized carbons (Fsp3) is 0.579. The SMILES string of the molecule is CC(N)CCOc1cccc(CC(=O)NCC(=O)N2CCCC2C)c1. The number of carbonyl (C=O) groups excluding carboxylic acids is 2. The van der Waals surface area contributed by atoms with Crippen LogP contribution < -0.4 is 15.8 Å². The molecule has 6 nitrogen and oxygen atoms in total. The van der Waals surface area contributed by atoms with Crippen molar-refractivity contribution in [3.63, 3.8) is 0 Å². The summed E-state index contributed by atoms with van der Waals surface area (Å²) in [7, 11) is 0. The van der Waals surface area contributed by atoms with Gasteiger partial charge in [-0.1, -0.05) is 12.1 Å². The minimum Gasteiger partial charge on any atom is -0.494 e. The predicted octanol–water partition coefficient (Wildman–Crippen LogP) is 1.47. The van der Waals surface area contributed by atoms with E-state index in [0.29, 0.717) is 6.61 Å². The van der Waals surface area contributed by atoms with Gasteiger partial charge in [0.05, 0.1) is 19.6 Å². The van der Waals surface area contributed by atoms with Crippen LogP contribution in [0.4, 0.5) is 0 Å². The molecular weight excluding hydrogens is 318 g/mol. The average Bonchev–Trinajstić information content (AvgIpc) is 2.99. The van der Waals surface area contributed by atoms with Crippen molar-refractivity contribution in [3.8, 4) is 5.75 Å². The largest absolute Gasteiger partial charge is 0.494 e. The molecule has 1 aromatic rings. The van der Waals surface area contributed by atoms with Crippen molar-refractivity contribution < 1.29 is 14.3 Å². The second-order valence-corrected chi connectivity index (χ2v) is 6.79. The number of likely N-dealkylation sites (tertiary alicyclic amines) is 1. The van der Waals surface area contributed by atoms with Gasteiger partial charge in [-0.3, -0.25) is 9.59 Å². The molecular formula is C19H29N3O3. The molecule has 0 aliphatic carbocycles. The number of amides is 2. The maximum Gasteiger partial charge on any atom is 0.242 e. The second kappa shape index (κ2) is 9.42. The van der Waals surface area contributed by atoms with Gasteiger partial charge in [-0.25, -0.2) is 0 Å². The van der Waals surface area contributed by atoms with Gasteiger partial charge in [0.25, 0.3) is 0 Å². The maximum absolute atomic E-state index is 12.1. The fourth-order valence-electron chi connectivity index (χ4n) is 2.94. The number of ether oxygens (including phenoxy) is 1. The molecule has 2 rings (SSSR count). The fourth-order valence-corrected chi connectivity index (χ4v) is 2.94. The van der Waals surface area contributed by atoms with Crippen LogP contribution in [-0.2, 0) is 16.0 Å². The van der Waals surface area contributed by atoms with Crippen LogP contribution in [0.3, 0.4) is 0 Å². The lowest BCUT2D eigenvalue weighted by Gasteiger charge is -2.21. The monoisotopic (exact) mass is 347 g/mol. The molecule has 2 amide bonds. The number of nitrogens with two attached hydrogens (primary N) is 1. The molecule has 1 heterocycles. The molecule has 0 bridgehead atoms. The molecule has 1 aliphatic heterocycles. The topological polar surface area (TPSA) is 84.7 Å². The highest BCUT2D eigenvalue weighted by atomic mass is 16.5. The van der Waals surface area contributed by atoms with Crippen molar-refractivity contribution in [2.45, 2.75) is 51.6 Å². The molecule has 1 fully saturated rings. The zero-order chi connectivity index (χ0) is 18.2. The van der Waals surface area contributed by atoms with E-state index in [2.05, 4.69) is 5.32 Å². The Morgan fingerprint density at radius 1 is 1.44 bits per heavy atom. The first-order valence-electron chi connectivity index (χ1n) is 8.99. The Morgan fingerprint density at radius 3 is 2.92 bits per heavy atom. The molecule has 138 valence electrons. The van der Waals surface area contributed by atoms with E-state index in [9.17, 15) is 9.59 Å². The van der Waals surface area contributed by atoms with Gasteiger partial charge in [-0.2, -0.15) is 0 Å². The van der Waals surface area contributed by atoms with Crippen molar-refractivity contribution in [2.75, 3.05) is 19.7 Å². The highest BCUT2D eigenvalue weighted by Crippen LogP contribution is 2.16. The Labute approximate surface area is 149 Å². The van der Waals surface area contributed by atoms with E-state index in [1.165, 1.54) is 0 Å². The highest BCUT2D eigenvalue weighted by molar-refractivity contribution is 5.86. The molecule has 1 aromatic carbocycles. The number of hydrogen-bond acceptors (Lipinski definition) is 4. The molecule has 3 N–H and O–H groups in total. The van der Waals surface area contributed by atoms with Gasteiger partial charge in [0.2, 0.25) is 11.8 Å². The third-order valence-electron chi connectivity index (χ3n) is 4.42. The van der Waals surface area contributed by atoms with E-state index < -0.39 is 0 Å². The normalized spacial score (nSPS) is 18.0. The molecule has 6 heteroatoms. The Balaban J connectivity index is 1.77. The molecule has 0 spiro atoms. The molecule has 0 aromatic heterocycles. The van der Waals surface area contributed by atoms with E-state index in [1.807, 2.05) is 43.0 Å². The molecule has 1 saturated heterocycles. The first-order chi connectivity index (χ1) is 12.0. The summed E-state index contributed by atoms with van der Waals surface area (Å²) in [6.45, 7) is 5.39. The second-order valence-electron chi connectivity index (χ2n) is 6.79. The Kier molecular flexibility index (Phi) is 7.25. The Hall–Kier alpha value is -2.08. The van der Waals surface area contributed by atoms with Crippen LogP contribution in [0.25, 0.3) is 0 Å². The minimum atomic E-state index is -0.159. The summed E-state index contributed by atoms with van der Waals surface area (Å²) in [4.78, 5) is 26.1. The van der Waals surface area contributed by atoms with Gasteiger partial charge >= 0.3 is 0 Å². The highest BCUT2D eigenvalue weighted by Gasteiger charge is 2.24. The number of hydrogen-bond donors (Lipinski definition) is 2.